The number of rotatable bonds is 4. The van der Waals surface area contributed by atoms with E-state index in [1.54, 1.807) is 24.3 Å². The van der Waals surface area contributed by atoms with Gasteiger partial charge in [-0.3, -0.25) is 4.79 Å². The van der Waals surface area contributed by atoms with Crippen molar-refractivity contribution in [1.82, 2.24) is 14.8 Å². The average Bonchev–Trinajstić information content (AvgIpc) is 2.64. The lowest BCUT2D eigenvalue weighted by Crippen LogP contribution is -2.35. The van der Waals surface area contributed by atoms with Gasteiger partial charge in [0.2, 0.25) is 5.91 Å². The summed E-state index contributed by atoms with van der Waals surface area (Å²) in [5.74, 6) is -2.39. The first-order valence-electron chi connectivity index (χ1n) is 7.83. The van der Waals surface area contributed by atoms with Crippen LogP contribution in [0, 0.1) is 11.6 Å². The van der Waals surface area contributed by atoms with Gasteiger partial charge in [-0.15, -0.1) is 0 Å². The third-order valence-corrected chi connectivity index (χ3v) is 4.04. The molecular weight excluding hydrogens is 378 g/mol. The quantitative estimate of drug-likeness (QED) is 0.740. The lowest BCUT2D eigenvalue weighted by atomic mass is 10.2. The number of hydrogen-bond acceptors (Lipinski definition) is 4. The molecule has 3 rings (SSSR count). The standard InChI is InChI=1S/C18H13ClF2N4O2/c1-10(17(26)23-15-7-6-13(20)8-14(15)21)25-18(27)24-16(9-22-25)11-2-4-12(19)5-3-11/h2-10H,1H3,(H,23,26)/t10-/m0/s1. The van der Waals surface area contributed by atoms with Gasteiger partial charge in [-0.2, -0.15) is 10.1 Å². The molecule has 1 atom stereocenters. The Labute approximate surface area is 157 Å². The van der Waals surface area contributed by atoms with E-state index in [-0.39, 0.29) is 5.69 Å². The number of carbonyl (C=O) groups excluding carboxylic acids is 1. The molecule has 27 heavy (non-hydrogen) atoms. The maximum Gasteiger partial charge on any atom is 0.365 e. The number of carbonyl (C=O) groups is 1. The van der Waals surface area contributed by atoms with Gasteiger partial charge in [-0.05, 0) is 31.2 Å². The fourth-order valence-corrected chi connectivity index (χ4v) is 2.44. The summed E-state index contributed by atoms with van der Waals surface area (Å²) < 4.78 is 27.5. The summed E-state index contributed by atoms with van der Waals surface area (Å²) in [5, 5.41) is 6.80. The number of nitrogens with zero attached hydrogens (tertiary/aromatic N) is 3. The largest absolute Gasteiger partial charge is 0.365 e. The van der Waals surface area contributed by atoms with Crippen molar-refractivity contribution >= 4 is 23.2 Å². The van der Waals surface area contributed by atoms with Crippen molar-refractivity contribution in [2.75, 3.05) is 5.32 Å². The summed E-state index contributed by atoms with van der Waals surface area (Å²) in [4.78, 5) is 28.4. The Bertz CT molecular complexity index is 1050. The number of amides is 1. The van der Waals surface area contributed by atoms with E-state index in [1.807, 2.05) is 0 Å². The Kier molecular flexibility index (Phi) is 5.27. The van der Waals surface area contributed by atoms with Crippen LogP contribution in [0.25, 0.3) is 11.3 Å². The van der Waals surface area contributed by atoms with Gasteiger partial charge in [-0.1, -0.05) is 23.7 Å². The van der Waals surface area contributed by atoms with Crippen molar-refractivity contribution < 1.29 is 13.6 Å². The van der Waals surface area contributed by atoms with E-state index in [1.165, 1.54) is 13.1 Å². The molecule has 6 nitrogen and oxygen atoms in total. The topological polar surface area (TPSA) is 76.9 Å². The second-order valence-electron chi connectivity index (χ2n) is 5.67. The monoisotopic (exact) mass is 390 g/mol. The van der Waals surface area contributed by atoms with Crippen molar-refractivity contribution in [3.63, 3.8) is 0 Å². The first kappa shape index (κ1) is 18.7. The van der Waals surface area contributed by atoms with Gasteiger partial charge in [0.05, 0.1) is 17.6 Å². The van der Waals surface area contributed by atoms with E-state index < -0.39 is 29.3 Å². The number of benzene rings is 2. The van der Waals surface area contributed by atoms with Crippen molar-refractivity contribution in [3.05, 3.63) is 75.8 Å². The molecule has 9 heteroatoms. The number of hydrogen-bond donors (Lipinski definition) is 1. The normalized spacial score (nSPS) is 11.9. The molecule has 3 aromatic rings. The maximum atomic E-state index is 13.7. The molecule has 0 unspecified atom stereocenters. The molecule has 0 aliphatic rings. The van der Waals surface area contributed by atoms with Gasteiger partial charge in [0.1, 0.15) is 17.7 Å². The molecule has 0 radical (unpaired) electrons. The van der Waals surface area contributed by atoms with Gasteiger partial charge < -0.3 is 5.32 Å². The molecule has 0 fully saturated rings. The van der Waals surface area contributed by atoms with E-state index in [4.69, 9.17) is 11.6 Å². The zero-order valence-electron chi connectivity index (χ0n) is 14.0. The minimum Gasteiger partial charge on any atom is -0.322 e. The predicted octanol–water partition coefficient (Wildman–Crippen LogP) is 3.44. The van der Waals surface area contributed by atoms with Gasteiger partial charge in [-0.25, -0.2) is 18.3 Å². The molecule has 1 heterocycles. The highest BCUT2D eigenvalue weighted by Gasteiger charge is 2.20. The molecule has 0 aliphatic heterocycles. The molecule has 138 valence electrons. The summed E-state index contributed by atoms with van der Waals surface area (Å²) >= 11 is 5.82. The second kappa shape index (κ2) is 7.63. The fourth-order valence-electron chi connectivity index (χ4n) is 2.31. The lowest BCUT2D eigenvalue weighted by molar-refractivity contribution is -0.119. The molecule has 0 saturated heterocycles. The molecule has 0 spiro atoms. The Morgan fingerprint density at radius 3 is 2.52 bits per heavy atom. The van der Waals surface area contributed by atoms with Gasteiger partial charge in [0.15, 0.2) is 0 Å². The average molecular weight is 391 g/mol. The van der Waals surface area contributed by atoms with Crippen LogP contribution >= 0.6 is 11.6 Å². The Balaban J connectivity index is 1.81. The van der Waals surface area contributed by atoms with Crippen LogP contribution in [0.3, 0.4) is 0 Å². The van der Waals surface area contributed by atoms with E-state index in [0.717, 1.165) is 16.8 Å². The van der Waals surface area contributed by atoms with Gasteiger partial charge in [0, 0.05) is 16.7 Å². The van der Waals surface area contributed by atoms with Gasteiger partial charge in [0.25, 0.3) is 0 Å². The lowest BCUT2D eigenvalue weighted by Gasteiger charge is -2.14. The smallest absolute Gasteiger partial charge is 0.322 e. The molecule has 0 bridgehead atoms. The molecular formula is C18H13ClF2N4O2. The minimum absolute atomic E-state index is 0.202. The summed E-state index contributed by atoms with van der Waals surface area (Å²) in [5.41, 5.74) is 0.0171. The second-order valence-corrected chi connectivity index (χ2v) is 6.10. The Morgan fingerprint density at radius 2 is 1.89 bits per heavy atom. The molecule has 2 aromatic carbocycles. The molecule has 0 saturated carbocycles. The van der Waals surface area contributed by atoms with Crippen LogP contribution in [0.4, 0.5) is 14.5 Å². The maximum absolute atomic E-state index is 13.7. The third kappa shape index (κ3) is 4.17. The third-order valence-electron chi connectivity index (χ3n) is 3.79. The van der Waals surface area contributed by atoms with E-state index in [9.17, 15) is 18.4 Å². The van der Waals surface area contributed by atoms with Crippen LogP contribution in [0.1, 0.15) is 13.0 Å². The van der Waals surface area contributed by atoms with Crippen molar-refractivity contribution in [2.45, 2.75) is 13.0 Å². The molecule has 1 N–H and O–H groups in total. The summed E-state index contributed by atoms with van der Waals surface area (Å²) in [6, 6.07) is 8.35. The molecule has 1 aromatic heterocycles. The Morgan fingerprint density at radius 1 is 1.19 bits per heavy atom. The molecule has 0 aliphatic carbocycles. The van der Waals surface area contributed by atoms with Gasteiger partial charge >= 0.3 is 5.69 Å². The summed E-state index contributed by atoms with van der Waals surface area (Å²) in [6.07, 6.45) is 1.34. The summed E-state index contributed by atoms with van der Waals surface area (Å²) in [6.45, 7) is 1.41. The highest BCUT2D eigenvalue weighted by molar-refractivity contribution is 6.30. The highest BCUT2D eigenvalue weighted by Crippen LogP contribution is 2.19. The Hall–Kier alpha value is -3.13. The van der Waals surface area contributed by atoms with Crippen LogP contribution in [0.2, 0.25) is 5.02 Å². The SMILES string of the molecule is C[C@@H](C(=O)Nc1ccc(F)cc1F)n1ncc(-c2ccc(Cl)cc2)nc1=O. The van der Waals surface area contributed by atoms with Crippen molar-refractivity contribution in [2.24, 2.45) is 0 Å². The van der Waals surface area contributed by atoms with Crippen LogP contribution in [-0.2, 0) is 4.79 Å². The zero-order valence-corrected chi connectivity index (χ0v) is 14.7. The fraction of sp³-hybridized carbons (Fsp3) is 0.111. The van der Waals surface area contributed by atoms with E-state index in [0.29, 0.717) is 22.3 Å². The summed E-state index contributed by atoms with van der Waals surface area (Å²) in [7, 11) is 0. The van der Waals surface area contributed by atoms with Crippen molar-refractivity contribution in [1.29, 1.82) is 0 Å². The highest BCUT2D eigenvalue weighted by atomic mass is 35.5. The van der Waals surface area contributed by atoms with Crippen LogP contribution in [0.5, 0.6) is 0 Å². The number of halogens is 3. The number of nitrogens with one attached hydrogen (secondary N) is 1. The van der Waals surface area contributed by atoms with Crippen LogP contribution in [-0.4, -0.2) is 20.7 Å². The molecule has 1 amide bonds. The first-order valence-corrected chi connectivity index (χ1v) is 8.20. The van der Waals surface area contributed by atoms with E-state index in [2.05, 4.69) is 15.4 Å². The number of anilines is 1. The number of aromatic nitrogens is 3. The first-order chi connectivity index (χ1) is 12.8. The minimum atomic E-state index is -1.06. The zero-order chi connectivity index (χ0) is 19.6. The van der Waals surface area contributed by atoms with Crippen LogP contribution in [0.15, 0.2) is 53.5 Å². The van der Waals surface area contributed by atoms with Crippen LogP contribution < -0.4 is 11.0 Å². The predicted molar refractivity (Wildman–Crippen MR) is 96.4 cm³/mol. The van der Waals surface area contributed by atoms with E-state index >= 15 is 0 Å². The van der Waals surface area contributed by atoms with Crippen molar-refractivity contribution in [3.8, 4) is 11.3 Å².